The Hall–Kier alpha value is -3.06. The maximum absolute atomic E-state index is 14.0. The summed E-state index contributed by atoms with van der Waals surface area (Å²) in [6.45, 7) is 1.81. The van der Waals surface area contributed by atoms with Crippen molar-refractivity contribution < 1.29 is 17.6 Å². The van der Waals surface area contributed by atoms with Crippen LogP contribution < -0.4 is 0 Å². The molecule has 0 atom stereocenters. The van der Waals surface area contributed by atoms with E-state index < -0.39 is 17.5 Å². The minimum Gasteiger partial charge on any atom is -0.206 e. The van der Waals surface area contributed by atoms with Gasteiger partial charge in [0.25, 0.3) is 0 Å². The van der Waals surface area contributed by atoms with Crippen molar-refractivity contribution in [1.29, 1.82) is 0 Å². The Balaban J connectivity index is 0.00000243. The van der Waals surface area contributed by atoms with E-state index in [0.717, 1.165) is 17.7 Å². The van der Waals surface area contributed by atoms with Crippen LogP contribution in [0.5, 0.6) is 0 Å². The van der Waals surface area contributed by atoms with Gasteiger partial charge >= 0.3 is 0 Å². The molecule has 0 saturated heterocycles. The average molecular weight is 356 g/mol. The van der Waals surface area contributed by atoms with E-state index in [1.165, 1.54) is 6.07 Å². The second-order valence-corrected chi connectivity index (χ2v) is 5.56. The van der Waals surface area contributed by atoms with Gasteiger partial charge in [0.15, 0.2) is 17.5 Å². The fourth-order valence-corrected chi connectivity index (χ4v) is 2.36. The first kappa shape index (κ1) is 19.3. The summed E-state index contributed by atoms with van der Waals surface area (Å²) in [5.74, 6) is 0.921. The number of hydrogen-bond donors (Lipinski definition) is 0. The van der Waals surface area contributed by atoms with Crippen LogP contribution in [0, 0.1) is 42.0 Å². The number of halogens is 4. The zero-order valence-corrected chi connectivity index (χ0v) is 13.2. The first-order chi connectivity index (χ1) is 11.9. The van der Waals surface area contributed by atoms with Gasteiger partial charge in [-0.1, -0.05) is 43.5 Å². The highest BCUT2D eigenvalue weighted by atomic mass is 19.2. The molecule has 3 aromatic carbocycles. The van der Waals surface area contributed by atoms with Crippen molar-refractivity contribution >= 4 is 0 Å². The van der Waals surface area contributed by atoms with E-state index >= 15 is 0 Å². The summed E-state index contributed by atoms with van der Waals surface area (Å²) in [7, 11) is 0. The van der Waals surface area contributed by atoms with E-state index in [1.54, 1.807) is 30.3 Å². The summed E-state index contributed by atoms with van der Waals surface area (Å²) in [6, 6.07) is 13.4. The van der Waals surface area contributed by atoms with Crippen molar-refractivity contribution in [2.24, 2.45) is 0 Å². The van der Waals surface area contributed by atoms with Crippen LogP contribution in [0.1, 0.15) is 24.1 Å². The van der Waals surface area contributed by atoms with Gasteiger partial charge in [0.05, 0.1) is 0 Å². The molecule has 132 valence electrons. The van der Waals surface area contributed by atoms with Crippen LogP contribution in [-0.4, -0.2) is 0 Å². The summed E-state index contributed by atoms with van der Waals surface area (Å²) >= 11 is 0. The lowest BCUT2D eigenvalue weighted by atomic mass is 10.0. The Labute approximate surface area is 150 Å². The maximum atomic E-state index is 14.0. The largest absolute Gasteiger partial charge is 0.206 e. The van der Waals surface area contributed by atoms with E-state index in [0.29, 0.717) is 16.7 Å². The van der Waals surface area contributed by atoms with Gasteiger partial charge in [-0.3, -0.25) is 0 Å². The molecule has 0 aromatic heterocycles. The normalized spacial score (nSPS) is 9.88. The predicted octanol–water partition coefficient (Wildman–Crippen LogP) is 6.25. The minimum atomic E-state index is -1.52. The van der Waals surface area contributed by atoms with E-state index in [-0.39, 0.29) is 18.8 Å². The van der Waals surface area contributed by atoms with Gasteiger partial charge in [0, 0.05) is 16.7 Å². The molecule has 0 bridgehead atoms. The molecule has 0 aliphatic carbocycles. The Morgan fingerprint density at radius 3 is 1.81 bits per heavy atom. The summed E-state index contributed by atoms with van der Waals surface area (Å²) in [4.78, 5) is 0. The van der Waals surface area contributed by atoms with Gasteiger partial charge in [-0.15, -0.1) is 0 Å². The smallest absolute Gasteiger partial charge is 0.194 e. The Kier molecular flexibility index (Phi) is 5.84. The zero-order chi connectivity index (χ0) is 18.0. The Bertz CT molecular complexity index is 970. The number of benzene rings is 3. The monoisotopic (exact) mass is 356 g/mol. The van der Waals surface area contributed by atoms with Crippen LogP contribution in [0.3, 0.4) is 0 Å². The Morgan fingerprint density at radius 2 is 1.23 bits per heavy atom. The highest BCUT2D eigenvalue weighted by Crippen LogP contribution is 2.23. The number of hydrogen-bond acceptors (Lipinski definition) is 0. The van der Waals surface area contributed by atoms with Crippen LogP contribution in [0.4, 0.5) is 17.6 Å². The van der Waals surface area contributed by atoms with Crippen LogP contribution in [0.25, 0.3) is 11.1 Å². The molecule has 0 N–H and O–H groups in total. The molecule has 3 aromatic rings. The quantitative estimate of drug-likeness (QED) is 0.274. The zero-order valence-electron chi connectivity index (χ0n) is 13.2. The molecule has 0 spiro atoms. The van der Waals surface area contributed by atoms with Crippen LogP contribution >= 0.6 is 0 Å². The first-order valence-corrected chi connectivity index (χ1v) is 7.47. The van der Waals surface area contributed by atoms with Gasteiger partial charge in [-0.05, 0) is 48.4 Å². The predicted molar refractivity (Wildman–Crippen MR) is 95.6 cm³/mol. The molecule has 4 heteroatoms. The summed E-state index contributed by atoms with van der Waals surface area (Å²) in [5, 5.41) is 0. The molecule has 0 aliphatic heterocycles. The van der Waals surface area contributed by atoms with Crippen molar-refractivity contribution in [3.8, 4) is 23.0 Å². The summed E-state index contributed by atoms with van der Waals surface area (Å²) in [6.07, 6.45) is 0. The first-order valence-electron chi connectivity index (χ1n) is 7.47. The lowest BCUT2D eigenvalue weighted by Gasteiger charge is -2.04. The third-order valence-corrected chi connectivity index (χ3v) is 3.66. The van der Waals surface area contributed by atoms with Gasteiger partial charge in [-0.25, -0.2) is 17.6 Å². The molecule has 0 aliphatic rings. The molecule has 0 saturated carbocycles. The van der Waals surface area contributed by atoms with Gasteiger partial charge in [0.2, 0.25) is 0 Å². The maximum Gasteiger partial charge on any atom is 0.194 e. The SMILES string of the molecule is C.Cc1ccc(-c2ccc(C#Cc3cc(F)c(F)c(F)c3)cc2)c(F)c1. The fourth-order valence-electron chi connectivity index (χ4n) is 2.36. The summed E-state index contributed by atoms with van der Waals surface area (Å²) in [5.41, 5.74) is 2.63. The van der Waals surface area contributed by atoms with Crippen molar-refractivity contribution in [2.75, 3.05) is 0 Å². The fraction of sp³-hybridized carbons (Fsp3) is 0.0909. The van der Waals surface area contributed by atoms with Crippen LogP contribution in [-0.2, 0) is 0 Å². The van der Waals surface area contributed by atoms with Crippen molar-refractivity contribution in [3.63, 3.8) is 0 Å². The minimum absolute atomic E-state index is 0. The van der Waals surface area contributed by atoms with E-state index in [4.69, 9.17) is 0 Å². The Morgan fingerprint density at radius 1 is 0.654 bits per heavy atom. The van der Waals surface area contributed by atoms with Gasteiger partial charge in [0.1, 0.15) is 5.82 Å². The van der Waals surface area contributed by atoms with E-state index in [1.807, 2.05) is 13.0 Å². The molecule has 26 heavy (non-hydrogen) atoms. The molecule has 0 heterocycles. The third kappa shape index (κ3) is 4.12. The van der Waals surface area contributed by atoms with Crippen molar-refractivity contribution in [1.82, 2.24) is 0 Å². The van der Waals surface area contributed by atoms with Crippen molar-refractivity contribution in [2.45, 2.75) is 14.4 Å². The highest BCUT2D eigenvalue weighted by molar-refractivity contribution is 5.65. The molecule has 0 nitrogen and oxygen atoms in total. The van der Waals surface area contributed by atoms with E-state index in [9.17, 15) is 17.6 Å². The van der Waals surface area contributed by atoms with E-state index in [2.05, 4.69) is 11.8 Å². The number of rotatable bonds is 1. The second kappa shape index (κ2) is 7.88. The molecule has 0 amide bonds. The van der Waals surface area contributed by atoms with Gasteiger partial charge < -0.3 is 0 Å². The molecule has 3 rings (SSSR count). The lowest BCUT2D eigenvalue weighted by Crippen LogP contribution is -1.91. The van der Waals surface area contributed by atoms with Gasteiger partial charge in [-0.2, -0.15) is 0 Å². The average Bonchev–Trinajstić information content (AvgIpc) is 2.58. The molecular weight excluding hydrogens is 340 g/mol. The standard InChI is InChI=1S/C21H12F4.CH4/c1-13-2-9-17(18(22)10-13)16-7-5-14(6-8-16)3-4-15-11-19(23)21(25)20(24)12-15;/h2,5-12H,1H3;1H4. The van der Waals surface area contributed by atoms with Crippen LogP contribution in [0.2, 0.25) is 0 Å². The van der Waals surface area contributed by atoms with Crippen molar-refractivity contribution in [3.05, 3.63) is 94.6 Å². The summed E-state index contributed by atoms with van der Waals surface area (Å²) < 4.78 is 53.2. The second-order valence-electron chi connectivity index (χ2n) is 5.56. The molecule has 0 fully saturated rings. The molecule has 0 radical (unpaired) electrons. The topological polar surface area (TPSA) is 0 Å². The van der Waals surface area contributed by atoms with Crippen LogP contribution in [0.15, 0.2) is 54.6 Å². The molecule has 0 unspecified atom stereocenters. The highest BCUT2D eigenvalue weighted by Gasteiger charge is 2.09. The lowest BCUT2D eigenvalue weighted by molar-refractivity contribution is 0.446. The third-order valence-electron chi connectivity index (χ3n) is 3.66. The number of aryl methyl sites for hydroxylation is 1. The molecular formula is C22H16F4.